The first-order valence-corrected chi connectivity index (χ1v) is 8.09. The normalized spacial score (nSPS) is 14.4. The van der Waals surface area contributed by atoms with Crippen molar-refractivity contribution in [1.82, 2.24) is 10.6 Å². The summed E-state index contributed by atoms with van der Waals surface area (Å²) in [7, 11) is 0. The summed E-state index contributed by atoms with van der Waals surface area (Å²) in [6, 6.07) is 9.30. The maximum atomic E-state index is 12.2. The Hall–Kier alpha value is -3.09. The standard InChI is InChI=1S/C18H19N3O4/c1-11(19-18(24)15-6-3-9-25-15)16(22)21-14-5-2-4-12(10-14)17(23)20-13-7-8-13/h2-6,9-11,13H,7-8H2,1H3,(H,19,24)(H,20,23)(H,21,22)/t11-/m0/s1. The Labute approximate surface area is 144 Å². The molecule has 0 spiro atoms. The number of nitrogens with one attached hydrogen (secondary N) is 3. The molecule has 3 amide bonds. The molecule has 1 atom stereocenters. The molecule has 130 valence electrons. The topological polar surface area (TPSA) is 100 Å². The summed E-state index contributed by atoms with van der Waals surface area (Å²) < 4.78 is 4.98. The van der Waals surface area contributed by atoms with Crippen LogP contribution in [-0.2, 0) is 4.79 Å². The van der Waals surface area contributed by atoms with E-state index in [2.05, 4.69) is 16.0 Å². The van der Waals surface area contributed by atoms with Gasteiger partial charge in [0.05, 0.1) is 6.26 Å². The highest BCUT2D eigenvalue weighted by atomic mass is 16.3. The van der Waals surface area contributed by atoms with Gasteiger partial charge in [-0.1, -0.05) is 6.07 Å². The van der Waals surface area contributed by atoms with E-state index in [4.69, 9.17) is 4.42 Å². The lowest BCUT2D eigenvalue weighted by Crippen LogP contribution is -2.41. The van der Waals surface area contributed by atoms with Crippen molar-refractivity contribution in [3.8, 4) is 0 Å². The summed E-state index contributed by atoms with van der Waals surface area (Å²) in [6.07, 6.45) is 3.40. The Balaban J connectivity index is 1.58. The Morgan fingerprint density at radius 3 is 2.60 bits per heavy atom. The summed E-state index contributed by atoms with van der Waals surface area (Å²) in [4.78, 5) is 36.2. The number of carbonyl (C=O) groups is 3. The largest absolute Gasteiger partial charge is 0.459 e. The van der Waals surface area contributed by atoms with E-state index < -0.39 is 11.9 Å². The van der Waals surface area contributed by atoms with Gasteiger partial charge < -0.3 is 20.4 Å². The Kier molecular flexibility index (Phi) is 4.83. The molecule has 0 unspecified atom stereocenters. The molecule has 2 aromatic rings. The average molecular weight is 341 g/mol. The van der Waals surface area contributed by atoms with Crippen LogP contribution >= 0.6 is 0 Å². The molecule has 1 fully saturated rings. The predicted octanol–water partition coefficient (Wildman–Crippen LogP) is 1.93. The van der Waals surface area contributed by atoms with Crippen molar-refractivity contribution in [1.29, 1.82) is 0 Å². The second-order valence-corrected chi connectivity index (χ2v) is 5.99. The third kappa shape index (κ3) is 4.47. The number of hydrogen-bond donors (Lipinski definition) is 3. The Morgan fingerprint density at radius 2 is 1.92 bits per heavy atom. The third-order valence-electron chi connectivity index (χ3n) is 3.79. The molecule has 25 heavy (non-hydrogen) atoms. The zero-order chi connectivity index (χ0) is 17.8. The number of hydrogen-bond acceptors (Lipinski definition) is 4. The van der Waals surface area contributed by atoms with Crippen LogP contribution in [0.15, 0.2) is 47.1 Å². The van der Waals surface area contributed by atoms with Gasteiger partial charge in [0.15, 0.2) is 5.76 Å². The van der Waals surface area contributed by atoms with Crippen LogP contribution in [0.2, 0.25) is 0 Å². The number of carbonyl (C=O) groups excluding carboxylic acids is 3. The van der Waals surface area contributed by atoms with Gasteiger partial charge in [-0.15, -0.1) is 0 Å². The minimum Gasteiger partial charge on any atom is -0.459 e. The van der Waals surface area contributed by atoms with Crippen LogP contribution in [0.25, 0.3) is 0 Å². The highest BCUT2D eigenvalue weighted by Crippen LogP contribution is 2.20. The molecule has 1 aliphatic rings. The van der Waals surface area contributed by atoms with Crippen LogP contribution in [0.5, 0.6) is 0 Å². The maximum absolute atomic E-state index is 12.2. The quantitative estimate of drug-likeness (QED) is 0.747. The number of amides is 3. The van der Waals surface area contributed by atoms with Gasteiger partial charge in [-0.2, -0.15) is 0 Å². The van der Waals surface area contributed by atoms with Crippen LogP contribution in [0.1, 0.15) is 40.7 Å². The maximum Gasteiger partial charge on any atom is 0.287 e. The SMILES string of the molecule is C[C@H](NC(=O)c1ccco1)C(=O)Nc1cccc(C(=O)NC2CC2)c1. The van der Waals surface area contributed by atoms with Gasteiger partial charge in [0.2, 0.25) is 5.91 Å². The molecule has 0 aliphatic heterocycles. The predicted molar refractivity (Wildman–Crippen MR) is 91.2 cm³/mol. The van der Waals surface area contributed by atoms with Gasteiger partial charge in [-0.05, 0) is 50.1 Å². The number of rotatable bonds is 6. The summed E-state index contributed by atoms with van der Waals surface area (Å²) >= 11 is 0. The highest BCUT2D eigenvalue weighted by molar-refractivity contribution is 6.01. The fourth-order valence-corrected chi connectivity index (χ4v) is 2.23. The van der Waals surface area contributed by atoms with E-state index in [-0.39, 0.29) is 23.6 Å². The summed E-state index contributed by atoms with van der Waals surface area (Å²) in [6.45, 7) is 1.57. The van der Waals surface area contributed by atoms with Gasteiger partial charge in [-0.25, -0.2) is 0 Å². The molecule has 0 saturated heterocycles. The van der Waals surface area contributed by atoms with Gasteiger partial charge in [0.1, 0.15) is 6.04 Å². The van der Waals surface area contributed by atoms with E-state index in [1.165, 1.54) is 12.3 Å². The molecule has 7 heteroatoms. The van der Waals surface area contributed by atoms with Gasteiger partial charge in [0, 0.05) is 17.3 Å². The number of benzene rings is 1. The number of furan rings is 1. The van der Waals surface area contributed by atoms with Crippen molar-refractivity contribution in [2.75, 3.05) is 5.32 Å². The molecule has 1 aromatic carbocycles. The molecule has 7 nitrogen and oxygen atoms in total. The molecule has 1 aromatic heterocycles. The first kappa shape index (κ1) is 16.8. The average Bonchev–Trinajstić information content (AvgIpc) is 3.23. The van der Waals surface area contributed by atoms with Crippen molar-refractivity contribution < 1.29 is 18.8 Å². The smallest absolute Gasteiger partial charge is 0.287 e. The lowest BCUT2D eigenvalue weighted by Gasteiger charge is -2.14. The van der Waals surface area contributed by atoms with Crippen LogP contribution in [0.4, 0.5) is 5.69 Å². The fourth-order valence-electron chi connectivity index (χ4n) is 2.23. The van der Waals surface area contributed by atoms with Crippen LogP contribution in [0, 0.1) is 0 Å². The minimum atomic E-state index is -0.762. The molecule has 0 radical (unpaired) electrons. The molecule has 3 rings (SSSR count). The molecule has 1 saturated carbocycles. The summed E-state index contributed by atoms with van der Waals surface area (Å²) in [5, 5.41) is 8.14. The van der Waals surface area contributed by atoms with Crippen molar-refractivity contribution in [3.63, 3.8) is 0 Å². The van der Waals surface area contributed by atoms with Gasteiger partial charge in [0.25, 0.3) is 11.8 Å². The van der Waals surface area contributed by atoms with E-state index in [9.17, 15) is 14.4 Å². The second-order valence-electron chi connectivity index (χ2n) is 5.99. The number of anilines is 1. The Bertz CT molecular complexity index is 781. The zero-order valence-corrected chi connectivity index (χ0v) is 13.7. The van der Waals surface area contributed by atoms with Crippen LogP contribution < -0.4 is 16.0 Å². The van der Waals surface area contributed by atoms with E-state index in [1.807, 2.05) is 0 Å². The van der Waals surface area contributed by atoms with Crippen LogP contribution in [0.3, 0.4) is 0 Å². The van der Waals surface area contributed by atoms with Gasteiger partial charge in [-0.3, -0.25) is 14.4 Å². The first-order chi connectivity index (χ1) is 12.0. The Morgan fingerprint density at radius 1 is 1.12 bits per heavy atom. The lowest BCUT2D eigenvalue weighted by atomic mass is 10.1. The monoisotopic (exact) mass is 341 g/mol. The van der Waals surface area contributed by atoms with E-state index in [0.717, 1.165) is 12.8 Å². The zero-order valence-electron chi connectivity index (χ0n) is 13.7. The molecule has 1 aliphatic carbocycles. The fraction of sp³-hybridized carbons (Fsp3) is 0.278. The highest BCUT2D eigenvalue weighted by Gasteiger charge is 2.24. The third-order valence-corrected chi connectivity index (χ3v) is 3.79. The van der Waals surface area contributed by atoms with E-state index >= 15 is 0 Å². The summed E-state index contributed by atoms with van der Waals surface area (Å²) in [5.74, 6) is -0.874. The van der Waals surface area contributed by atoms with Crippen LogP contribution in [-0.4, -0.2) is 29.8 Å². The molecule has 3 N–H and O–H groups in total. The minimum absolute atomic E-state index is 0.137. The van der Waals surface area contributed by atoms with Crippen molar-refractivity contribution in [2.24, 2.45) is 0 Å². The second kappa shape index (κ2) is 7.21. The van der Waals surface area contributed by atoms with Gasteiger partial charge >= 0.3 is 0 Å². The first-order valence-electron chi connectivity index (χ1n) is 8.09. The molecular weight excluding hydrogens is 322 g/mol. The molecule has 1 heterocycles. The molecule has 0 bridgehead atoms. The molecular formula is C18H19N3O4. The van der Waals surface area contributed by atoms with Crippen molar-refractivity contribution >= 4 is 23.4 Å². The lowest BCUT2D eigenvalue weighted by molar-refractivity contribution is -0.117. The van der Waals surface area contributed by atoms with Crippen molar-refractivity contribution in [2.45, 2.75) is 31.8 Å². The summed E-state index contributed by atoms with van der Waals surface area (Å²) in [5.41, 5.74) is 0.976. The van der Waals surface area contributed by atoms with Crippen molar-refractivity contribution in [3.05, 3.63) is 54.0 Å². The van der Waals surface area contributed by atoms with E-state index in [0.29, 0.717) is 11.3 Å². The van der Waals surface area contributed by atoms with E-state index in [1.54, 1.807) is 37.3 Å².